The van der Waals surface area contributed by atoms with Gasteiger partial charge in [-0.15, -0.1) is 11.6 Å². The van der Waals surface area contributed by atoms with Gasteiger partial charge in [-0.2, -0.15) is 0 Å². The summed E-state index contributed by atoms with van der Waals surface area (Å²) in [6, 6.07) is 8.47. The summed E-state index contributed by atoms with van der Waals surface area (Å²) in [7, 11) is 0. The summed E-state index contributed by atoms with van der Waals surface area (Å²) in [5, 5.41) is 9.45. The molecule has 0 radical (unpaired) electrons. The normalized spacial score (nSPS) is 17.2. The summed E-state index contributed by atoms with van der Waals surface area (Å²) < 4.78 is 0. The van der Waals surface area contributed by atoms with Gasteiger partial charge in [0.1, 0.15) is 0 Å². The van der Waals surface area contributed by atoms with E-state index in [4.69, 9.17) is 11.6 Å². The van der Waals surface area contributed by atoms with Crippen LogP contribution in [0.2, 0.25) is 0 Å². The molecule has 16 heavy (non-hydrogen) atoms. The Balaban J connectivity index is 2.04. The van der Waals surface area contributed by atoms with E-state index in [1.165, 1.54) is 30.4 Å². The van der Waals surface area contributed by atoms with E-state index >= 15 is 0 Å². The number of hydrogen-bond acceptors (Lipinski definition) is 1. The van der Waals surface area contributed by atoms with Crippen molar-refractivity contribution in [2.24, 2.45) is 0 Å². The molecule has 0 aliphatic heterocycles. The van der Waals surface area contributed by atoms with Gasteiger partial charge >= 0.3 is 0 Å². The Morgan fingerprint density at radius 3 is 2.56 bits per heavy atom. The molecule has 0 spiro atoms. The maximum absolute atomic E-state index is 9.45. The molecule has 0 amide bonds. The number of alkyl halides is 1. The van der Waals surface area contributed by atoms with Crippen LogP contribution in [0.15, 0.2) is 30.3 Å². The predicted molar refractivity (Wildman–Crippen MR) is 68.7 cm³/mol. The van der Waals surface area contributed by atoms with Gasteiger partial charge < -0.3 is 5.11 Å². The van der Waals surface area contributed by atoms with E-state index in [2.05, 4.69) is 30.3 Å². The molecule has 1 aromatic rings. The standard InChI is InChI=1S/C14H17ClO/c15-10-14(16)9-11-5-7-13(8-6-11)12-3-1-2-4-12/h3,5-8,14,16H,1-2,4,9-10H2/t14-/m1/s1. The van der Waals surface area contributed by atoms with Gasteiger partial charge in [-0.25, -0.2) is 0 Å². The largest absolute Gasteiger partial charge is 0.392 e. The smallest absolute Gasteiger partial charge is 0.0715 e. The van der Waals surface area contributed by atoms with Crippen molar-refractivity contribution < 1.29 is 5.11 Å². The Morgan fingerprint density at radius 1 is 1.25 bits per heavy atom. The quantitative estimate of drug-likeness (QED) is 0.795. The summed E-state index contributed by atoms with van der Waals surface area (Å²) in [4.78, 5) is 0. The van der Waals surface area contributed by atoms with E-state index in [9.17, 15) is 5.11 Å². The zero-order chi connectivity index (χ0) is 11.4. The Morgan fingerprint density at radius 2 is 2.00 bits per heavy atom. The maximum atomic E-state index is 9.45. The van der Waals surface area contributed by atoms with Crippen LogP contribution in [0.25, 0.3) is 5.57 Å². The molecule has 1 atom stereocenters. The molecular weight excluding hydrogens is 220 g/mol. The molecule has 1 N–H and O–H groups in total. The lowest BCUT2D eigenvalue weighted by atomic mass is 10.0. The molecule has 0 bridgehead atoms. The Hall–Kier alpha value is -0.790. The van der Waals surface area contributed by atoms with Gasteiger partial charge in [0, 0.05) is 5.88 Å². The number of allylic oxidation sites excluding steroid dienone is 2. The third-order valence-corrected chi connectivity index (χ3v) is 3.37. The van der Waals surface area contributed by atoms with Crippen molar-refractivity contribution in [2.45, 2.75) is 31.8 Å². The number of halogens is 1. The second kappa shape index (κ2) is 5.51. The first-order valence-corrected chi connectivity index (χ1v) is 6.35. The molecule has 0 saturated carbocycles. The van der Waals surface area contributed by atoms with Crippen molar-refractivity contribution in [3.63, 3.8) is 0 Å². The maximum Gasteiger partial charge on any atom is 0.0715 e. The lowest BCUT2D eigenvalue weighted by molar-refractivity contribution is 0.199. The van der Waals surface area contributed by atoms with Gasteiger partial charge in [0.25, 0.3) is 0 Å². The van der Waals surface area contributed by atoms with E-state index in [1.807, 2.05) is 0 Å². The van der Waals surface area contributed by atoms with Crippen LogP contribution in [0.1, 0.15) is 30.4 Å². The molecule has 0 aromatic heterocycles. The lowest BCUT2D eigenvalue weighted by Crippen LogP contribution is -2.11. The minimum atomic E-state index is -0.432. The molecule has 0 fully saturated rings. The molecule has 0 heterocycles. The number of hydrogen-bond donors (Lipinski definition) is 1. The second-order valence-electron chi connectivity index (χ2n) is 4.33. The van der Waals surface area contributed by atoms with Gasteiger partial charge in [-0.1, -0.05) is 30.3 Å². The predicted octanol–water partition coefficient (Wildman–Crippen LogP) is 3.40. The number of aliphatic hydroxyl groups is 1. The van der Waals surface area contributed by atoms with E-state index in [-0.39, 0.29) is 0 Å². The minimum Gasteiger partial charge on any atom is -0.392 e. The zero-order valence-corrected chi connectivity index (χ0v) is 10.1. The fraction of sp³-hybridized carbons (Fsp3) is 0.429. The minimum absolute atomic E-state index is 0.299. The molecule has 1 aliphatic rings. The topological polar surface area (TPSA) is 20.2 Å². The Bertz CT molecular complexity index is 367. The van der Waals surface area contributed by atoms with Crippen LogP contribution < -0.4 is 0 Å². The Kier molecular flexibility index (Phi) is 4.03. The molecule has 0 saturated heterocycles. The second-order valence-corrected chi connectivity index (χ2v) is 4.64. The lowest BCUT2D eigenvalue weighted by Gasteiger charge is -2.08. The fourth-order valence-corrected chi connectivity index (χ4v) is 2.22. The van der Waals surface area contributed by atoms with Crippen LogP contribution in [0, 0.1) is 0 Å². The molecule has 0 unspecified atom stereocenters. The van der Waals surface area contributed by atoms with Gasteiger partial charge in [-0.05, 0) is 42.4 Å². The van der Waals surface area contributed by atoms with Crippen molar-refractivity contribution in [3.05, 3.63) is 41.5 Å². The SMILES string of the molecule is O[C@@H](CCl)Cc1ccc(C2=CCCC2)cc1. The van der Waals surface area contributed by atoms with Crippen molar-refractivity contribution in [1.82, 2.24) is 0 Å². The third kappa shape index (κ3) is 2.87. The van der Waals surface area contributed by atoms with Crippen LogP contribution in [-0.2, 0) is 6.42 Å². The molecule has 2 heteroatoms. The van der Waals surface area contributed by atoms with Crippen molar-refractivity contribution in [2.75, 3.05) is 5.88 Å². The first kappa shape index (κ1) is 11.7. The van der Waals surface area contributed by atoms with Gasteiger partial charge in [0.05, 0.1) is 6.10 Å². The van der Waals surface area contributed by atoms with Crippen molar-refractivity contribution in [1.29, 1.82) is 0 Å². The van der Waals surface area contributed by atoms with Crippen LogP contribution >= 0.6 is 11.6 Å². The molecule has 1 aliphatic carbocycles. The van der Waals surface area contributed by atoms with Gasteiger partial charge in [-0.3, -0.25) is 0 Å². The van der Waals surface area contributed by atoms with E-state index in [0.29, 0.717) is 12.3 Å². The van der Waals surface area contributed by atoms with Crippen LogP contribution in [0.5, 0.6) is 0 Å². The van der Waals surface area contributed by atoms with Gasteiger partial charge in [0.2, 0.25) is 0 Å². The van der Waals surface area contributed by atoms with E-state index < -0.39 is 6.10 Å². The van der Waals surface area contributed by atoms with Gasteiger partial charge in [0.15, 0.2) is 0 Å². The molecular formula is C14H17ClO. The van der Waals surface area contributed by atoms with E-state index in [1.54, 1.807) is 0 Å². The van der Waals surface area contributed by atoms with E-state index in [0.717, 1.165) is 5.56 Å². The van der Waals surface area contributed by atoms with Crippen molar-refractivity contribution >= 4 is 17.2 Å². The summed E-state index contributed by atoms with van der Waals surface area (Å²) in [6.07, 6.45) is 6.22. The average molecular weight is 237 g/mol. The number of rotatable bonds is 4. The summed E-state index contributed by atoms with van der Waals surface area (Å²) in [6.45, 7) is 0. The molecule has 2 rings (SSSR count). The number of benzene rings is 1. The highest BCUT2D eigenvalue weighted by molar-refractivity contribution is 6.18. The molecule has 86 valence electrons. The number of aliphatic hydroxyl groups excluding tert-OH is 1. The fourth-order valence-electron chi connectivity index (χ4n) is 2.11. The third-order valence-electron chi connectivity index (χ3n) is 3.02. The zero-order valence-electron chi connectivity index (χ0n) is 9.32. The first-order valence-electron chi connectivity index (χ1n) is 5.82. The van der Waals surface area contributed by atoms with Crippen LogP contribution in [0.4, 0.5) is 0 Å². The molecule has 1 nitrogen and oxygen atoms in total. The highest BCUT2D eigenvalue weighted by atomic mass is 35.5. The Labute approximate surface area is 102 Å². The highest BCUT2D eigenvalue weighted by Gasteiger charge is 2.08. The molecule has 1 aromatic carbocycles. The van der Waals surface area contributed by atoms with Crippen LogP contribution in [0.3, 0.4) is 0 Å². The summed E-state index contributed by atoms with van der Waals surface area (Å²) in [5.74, 6) is 0.299. The monoisotopic (exact) mass is 236 g/mol. The summed E-state index contributed by atoms with van der Waals surface area (Å²) in [5.41, 5.74) is 3.93. The highest BCUT2D eigenvalue weighted by Crippen LogP contribution is 2.27. The van der Waals surface area contributed by atoms with Crippen molar-refractivity contribution in [3.8, 4) is 0 Å². The summed E-state index contributed by atoms with van der Waals surface area (Å²) >= 11 is 5.58. The first-order chi connectivity index (χ1) is 7.79. The average Bonchev–Trinajstić information content (AvgIpc) is 2.83. The van der Waals surface area contributed by atoms with Crippen LogP contribution in [-0.4, -0.2) is 17.1 Å².